The molecule has 3 heteroatoms. The number of rotatable bonds is 0. The third-order valence-electron chi connectivity index (χ3n) is 0.699. The minimum atomic E-state index is -0.454. The predicted molar refractivity (Wildman–Crippen MR) is 27.9 cm³/mol. The molecule has 0 spiro atoms. The molecule has 0 fully saturated rings. The number of hydrogen-bond acceptors (Lipinski definition) is 3. The van der Waals surface area contributed by atoms with Crippen LogP contribution in [0.1, 0.15) is 0 Å². The lowest BCUT2D eigenvalue weighted by molar-refractivity contribution is 0.254. The average molecular weight is 98.1 g/mol. The molecule has 1 N–H and O–H groups in total. The summed E-state index contributed by atoms with van der Waals surface area (Å²) in [6.07, 6.45) is 2.45. The van der Waals surface area contributed by atoms with Gasteiger partial charge in [-0.15, -0.1) is 0 Å². The third kappa shape index (κ3) is 1.08. The number of aliphatic hydroxyl groups is 1. The quantitative estimate of drug-likeness (QED) is 0.434. The van der Waals surface area contributed by atoms with Gasteiger partial charge in [-0.3, -0.25) is 4.99 Å². The van der Waals surface area contributed by atoms with E-state index in [-0.39, 0.29) is 0 Å². The van der Waals surface area contributed by atoms with Gasteiger partial charge in [0.05, 0.1) is 6.54 Å². The number of nitrogens with zero attached hydrogens (tertiary/aromatic N) is 2. The van der Waals surface area contributed by atoms with Gasteiger partial charge >= 0.3 is 0 Å². The van der Waals surface area contributed by atoms with Gasteiger partial charge in [0.25, 0.3) is 0 Å². The second-order valence-corrected chi connectivity index (χ2v) is 1.35. The van der Waals surface area contributed by atoms with Crippen molar-refractivity contribution in [3.63, 3.8) is 0 Å². The molecule has 0 saturated heterocycles. The van der Waals surface area contributed by atoms with Crippen LogP contribution >= 0.6 is 0 Å². The summed E-state index contributed by atoms with van der Waals surface area (Å²) in [6, 6.07) is 0. The third-order valence-corrected chi connectivity index (χ3v) is 0.699. The highest BCUT2D eigenvalue weighted by atomic mass is 16.3. The van der Waals surface area contributed by atoms with E-state index in [1.807, 2.05) is 0 Å². The molecule has 0 bridgehead atoms. The molecule has 7 heavy (non-hydrogen) atoms. The van der Waals surface area contributed by atoms with E-state index in [0.717, 1.165) is 0 Å². The largest absolute Gasteiger partial charge is 0.385 e. The van der Waals surface area contributed by atoms with Crippen LogP contribution in [0, 0.1) is 0 Å². The second-order valence-electron chi connectivity index (χ2n) is 1.35. The van der Waals surface area contributed by atoms with Gasteiger partial charge in [0.15, 0.2) is 0 Å². The maximum atomic E-state index is 8.65. The highest BCUT2D eigenvalue weighted by molar-refractivity contribution is 5.77. The van der Waals surface area contributed by atoms with Crippen molar-refractivity contribution in [3.8, 4) is 0 Å². The Hall–Kier alpha value is -0.700. The lowest BCUT2D eigenvalue weighted by Gasteiger charge is -2.00. The summed E-state index contributed by atoms with van der Waals surface area (Å²) < 4.78 is 0. The molecule has 1 aliphatic heterocycles. The first-order chi connectivity index (χ1) is 3.39. The lowest BCUT2D eigenvalue weighted by atomic mass is 10.4. The zero-order valence-electron chi connectivity index (χ0n) is 3.78. The van der Waals surface area contributed by atoms with E-state index in [9.17, 15) is 0 Å². The Kier molecular flexibility index (Phi) is 1.17. The van der Waals surface area contributed by atoms with Gasteiger partial charge in [-0.2, -0.15) is 0 Å². The topological polar surface area (TPSA) is 45.0 Å². The van der Waals surface area contributed by atoms with E-state index >= 15 is 0 Å². The van der Waals surface area contributed by atoms with Crippen LogP contribution in [0.2, 0.25) is 0 Å². The minimum absolute atomic E-state index is 0.454. The molecule has 0 aromatic rings. The molecule has 3 nitrogen and oxygen atoms in total. The first kappa shape index (κ1) is 4.46. The molecular weight excluding hydrogens is 92.1 g/mol. The number of hydrogen-bond donors (Lipinski definition) is 1. The summed E-state index contributed by atoms with van der Waals surface area (Å²) in [5.41, 5.74) is 0. The monoisotopic (exact) mass is 98.0 g/mol. The Bertz CT molecular complexity index is 108. The summed E-state index contributed by atoms with van der Waals surface area (Å²) in [7, 11) is 0. The fraction of sp³-hybridized carbons (Fsp3) is 0.500. The SMILES string of the molecule is OC1C=NC=NC1. The number of aliphatic hydroxyl groups excluding tert-OH is 1. The maximum absolute atomic E-state index is 8.65. The second kappa shape index (κ2) is 1.84. The molecule has 0 radical (unpaired) electrons. The Labute approximate surface area is 41.4 Å². The van der Waals surface area contributed by atoms with Crippen LogP contribution in [-0.4, -0.2) is 30.3 Å². The van der Waals surface area contributed by atoms with E-state index in [2.05, 4.69) is 9.98 Å². The molecule has 1 rings (SSSR count). The van der Waals surface area contributed by atoms with Crippen molar-refractivity contribution < 1.29 is 5.11 Å². The summed E-state index contributed by atoms with van der Waals surface area (Å²) in [5, 5.41) is 8.65. The first-order valence-corrected chi connectivity index (χ1v) is 2.09. The van der Waals surface area contributed by atoms with Crippen LogP contribution in [0.3, 0.4) is 0 Å². The summed E-state index contributed by atoms with van der Waals surface area (Å²) in [4.78, 5) is 7.28. The standard InChI is InChI=1S/C4H6N2O/c7-4-1-5-3-6-2-4/h1,3-4,7H,2H2. The highest BCUT2D eigenvalue weighted by Crippen LogP contribution is 1.83. The Balaban J connectivity index is 2.49. The minimum Gasteiger partial charge on any atom is -0.385 e. The fourth-order valence-electron chi connectivity index (χ4n) is 0.387. The van der Waals surface area contributed by atoms with Crippen molar-refractivity contribution in [2.45, 2.75) is 6.10 Å². The normalized spacial score (nSPS) is 28.4. The predicted octanol–water partition coefficient (Wildman–Crippen LogP) is -0.540. The van der Waals surface area contributed by atoms with Crippen molar-refractivity contribution in [1.82, 2.24) is 0 Å². The van der Waals surface area contributed by atoms with Crippen LogP contribution in [-0.2, 0) is 0 Å². The summed E-state index contributed by atoms with van der Waals surface area (Å²) in [5.74, 6) is 0. The molecule has 0 saturated carbocycles. The molecule has 0 aliphatic carbocycles. The van der Waals surface area contributed by atoms with Crippen LogP contribution < -0.4 is 0 Å². The van der Waals surface area contributed by atoms with Crippen molar-refractivity contribution >= 4 is 12.6 Å². The Morgan fingerprint density at radius 2 is 2.57 bits per heavy atom. The number of aliphatic imine (C=N–C) groups is 2. The van der Waals surface area contributed by atoms with Crippen LogP contribution in [0.4, 0.5) is 0 Å². The van der Waals surface area contributed by atoms with E-state index in [1.54, 1.807) is 0 Å². The van der Waals surface area contributed by atoms with Gasteiger partial charge in [0, 0.05) is 6.21 Å². The van der Waals surface area contributed by atoms with Gasteiger partial charge < -0.3 is 5.11 Å². The van der Waals surface area contributed by atoms with E-state index in [1.165, 1.54) is 12.6 Å². The van der Waals surface area contributed by atoms with Crippen molar-refractivity contribution in [2.24, 2.45) is 9.98 Å². The van der Waals surface area contributed by atoms with Crippen LogP contribution in [0.15, 0.2) is 9.98 Å². The van der Waals surface area contributed by atoms with Crippen LogP contribution in [0.5, 0.6) is 0 Å². The first-order valence-electron chi connectivity index (χ1n) is 2.09. The van der Waals surface area contributed by atoms with Gasteiger partial charge in [-0.25, -0.2) is 4.99 Å². The molecule has 1 heterocycles. The van der Waals surface area contributed by atoms with Crippen molar-refractivity contribution in [1.29, 1.82) is 0 Å². The average Bonchev–Trinajstić information content (AvgIpc) is 1.69. The molecule has 1 aliphatic rings. The van der Waals surface area contributed by atoms with Gasteiger partial charge in [0.1, 0.15) is 12.4 Å². The lowest BCUT2D eigenvalue weighted by Crippen LogP contribution is -2.14. The zero-order chi connectivity index (χ0) is 5.11. The molecular formula is C4H6N2O. The molecule has 38 valence electrons. The zero-order valence-corrected chi connectivity index (χ0v) is 3.78. The van der Waals surface area contributed by atoms with Gasteiger partial charge in [-0.1, -0.05) is 0 Å². The Morgan fingerprint density at radius 1 is 1.71 bits per heavy atom. The summed E-state index contributed by atoms with van der Waals surface area (Å²) in [6.45, 7) is 0.462. The van der Waals surface area contributed by atoms with E-state index in [4.69, 9.17) is 5.11 Å². The molecule has 1 atom stereocenters. The highest BCUT2D eigenvalue weighted by Gasteiger charge is 1.97. The smallest absolute Gasteiger partial charge is 0.109 e. The van der Waals surface area contributed by atoms with Gasteiger partial charge in [0.2, 0.25) is 0 Å². The van der Waals surface area contributed by atoms with Crippen molar-refractivity contribution in [2.75, 3.05) is 6.54 Å². The van der Waals surface area contributed by atoms with E-state index in [0.29, 0.717) is 6.54 Å². The molecule has 0 aromatic carbocycles. The molecule has 0 aromatic heterocycles. The maximum Gasteiger partial charge on any atom is 0.109 e. The molecule has 0 amide bonds. The van der Waals surface area contributed by atoms with Gasteiger partial charge in [-0.05, 0) is 0 Å². The van der Waals surface area contributed by atoms with Crippen molar-refractivity contribution in [3.05, 3.63) is 0 Å². The molecule has 1 unspecified atom stereocenters. The fourth-order valence-corrected chi connectivity index (χ4v) is 0.387. The Morgan fingerprint density at radius 3 is 2.86 bits per heavy atom. The summed E-state index contributed by atoms with van der Waals surface area (Å²) >= 11 is 0. The van der Waals surface area contributed by atoms with Crippen LogP contribution in [0.25, 0.3) is 0 Å². The van der Waals surface area contributed by atoms with E-state index < -0.39 is 6.10 Å².